The van der Waals surface area contributed by atoms with Crippen LogP contribution in [-0.4, -0.2) is 62.9 Å². The first kappa shape index (κ1) is 18.4. The fourth-order valence-electron chi connectivity index (χ4n) is 1.59. The Morgan fingerprint density at radius 2 is 2.00 bits per heavy atom. The molecule has 0 aromatic carbocycles. The van der Waals surface area contributed by atoms with Gasteiger partial charge >= 0.3 is 5.97 Å². The molecule has 1 N–H and O–H groups in total. The fourth-order valence-corrected chi connectivity index (χ4v) is 1.59. The smallest absolute Gasteiger partial charge is 0.326 e. The van der Waals surface area contributed by atoms with Gasteiger partial charge in [-0.15, -0.1) is 0 Å². The van der Waals surface area contributed by atoms with Gasteiger partial charge in [-0.1, -0.05) is 0 Å². The van der Waals surface area contributed by atoms with Crippen molar-refractivity contribution in [3.8, 4) is 0 Å². The molecule has 0 aromatic rings. The van der Waals surface area contributed by atoms with Crippen molar-refractivity contribution in [2.75, 3.05) is 40.4 Å². The van der Waals surface area contributed by atoms with E-state index in [-0.39, 0.29) is 12.1 Å². The summed E-state index contributed by atoms with van der Waals surface area (Å²) in [5, 5.41) is 3.06. The first-order valence-corrected chi connectivity index (χ1v) is 7.02. The van der Waals surface area contributed by atoms with Crippen LogP contribution < -0.4 is 5.32 Å². The summed E-state index contributed by atoms with van der Waals surface area (Å²) in [6.45, 7) is 10.6. The first-order valence-electron chi connectivity index (χ1n) is 7.02. The summed E-state index contributed by atoms with van der Waals surface area (Å²) in [4.78, 5) is 14.0. The zero-order chi connectivity index (χ0) is 14.9. The number of carbonyl (C=O) groups excluding carboxylic acids is 1. The third-order valence-electron chi connectivity index (χ3n) is 3.20. The van der Waals surface area contributed by atoms with Crippen LogP contribution in [0, 0.1) is 0 Å². The Morgan fingerprint density at radius 3 is 2.47 bits per heavy atom. The van der Waals surface area contributed by atoms with Crippen molar-refractivity contribution in [2.24, 2.45) is 0 Å². The van der Waals surface area contributed by atoms with Crippen LogP contribution in [0.3, 0.4) is 0 Å². The molecule has 0 aliphatic heterocycles. The van der Waals surface area contributed by atoms with Crippen molar-refractivity contribution in [3.63, 3.8) is 0 Å². The summed E-state index contributed by atoms with van der Waals surface area (Å²) in [7, 11) is 3.82. The highest BCUT2D eigenvalue weighted by Crippen LogP contribution is 2.12. The maximum absolute atomic E-state index is 11.9. The lowest BCUT2D eigenvalue weighted by molar-refractivity contribution is -0.150. The maximum atomic E-state index is 11.9. The minimum atomic E-state index is -0.622. The van der Waals surface area contributed by atoms with Crippen LogP contribution in [-0.2, 0) is 14.3 Å². The molecule has 0 fully saturated rings. The van der Waals surface area contributed by atoms with E-state index in [0.29, 0.717) is 19.6 Å². The van der Waals surface area contributed by atoms with Crippen molar-refractivity contribution in [1.29, 1.82) is 0 Å². The summed E-state index contributed by atoms with van der Waals surface area (Å²) in [6.07, 6.45) is 0.969. The molecule has 0 amide bonds. The molecule has 0 aliphatic rings. The number of esters is 1. The van der Waals surface area contributed by atoms with Gasteiger partial charge in [-0.3, -0.25) is 4.79 Å². The molecule has 0 saturated carbocycles. The molecule has 0 rings (SSSR count). The predicted octanol–water partition coefficient (Wildman–Crippen LogP) is 1.27. The first-order chi connectivity index (χ1) is 8.85. The van der Waals surface area contributed by atoms with Crippen LogP contribution in [0.2, 0.25) is 0 Å². The molecule has 1 atom stereocenters. The highest BCUT2D eigenvalue weighted by Gasteiger charge is 2.32. The van der Waals surface area contributed by atoms with Gasteiger partial charge in [-0.2, -0.15) is 0 Å². The molecule has 0 radical (unpaired) electrons. The van der Waals surface area contributed by atoms with Gasteiger partial charge in [-0.25, -0.2) is 0 Å². The van der Waals surface area contributed by atoms with Crippen molar-refractivity contribution in [2.45, 2.75) is 45.8 Å². The van der Waals surface area contributed by atoms with Crippen LogP contribution >= 0.6 is 0 Å². The normalized spacial score (nSPS) is 14.7. The largest absolute Gasteiger partial charge is 0.465 e. The van der Waals surface area contributed by atoms with Crippen molar-refractivity contribution < 1.29 is 14.3 Å². The zero-order valence-corrected chi connectivity index (χ0v) is 13.3. The average molecular weight is 274 g/mol. The van der Waals surface area contributed by atoms with Gasteiger partial charge < -0.3 is 19.7 Å². The molecule has 0 heterocycles. The van der Waals surface area contributed by atoms with Gasteiger partial charge in [-0.05, 0) is 48.2 Å². The third-order valence-corrected chi connectivity index (χ3v) is 3.20. The lowest BCUT2D eigenvalue weighted by atomic mass is 9.98. The number of nitrogens with one attached hydrogen (secondary N) is 1. The molecule has 5 nitrogen and oxygen atoms in total. The van der Waals surface area contributed by atoms with E-state index < -0.39 is 5.54 Å². The second-order valence-corrected chi connectivity index (χ2v) is 5.28. The Hall–Kier alpha value is -0.650. The topological polar surface area (TPSA) is 50.8 Å². The Labute approximate surface area is 117 Å². The fraction of sp³-hybridized carbons (Fsp3) is 0.929. The highest BCUT2D eigenvalue weighted by molar-refractivity contribution is 5.80. The Balaban J connectivity index is 4.08. The second-order valence-electron chi connectivity index (χ2n) is 5.28. The standard InChI is InChI=1S/C14H30N2O3/c1-7-18-13(17)14(4,15-5)8-9-16(6)10-11-19-12(2)3/h12,15H,7-11H2,1-6H3. The van der Waals surface area contributed by atoms with Gasteiger partial charge in [0.15, 0.2) is 0 Å². The van der Waals surface area contributed by atoms with E-state index in [0.717, 1.165) is 13.1 Å². The van der Waals surface area contributed by atoms with Crippen LogP contribution in [0.1, 0.15) is 34.1 Å². The molecule has 0 saturated heterocycles. The van der Waals surface area contributed by atoms with Crippen LogP contribution in [0.4, 0.5) is 0 Å². The van der Waals surface area contributed by atoms with Crippen molar-refractivity contribution in [1.82, 2.24) is 10.2 Å². The van der Waals surface area contributed by atoms with Crippen molar-refractivity contribution >= 4 is 5.97 Å². The molecule has 5 heteroatoms. The van der Waals surface area contributed by atoms with E-state index in [4.69, 9.17) is 9.47 Å². The van der Waals surface area contributed by atoms with Gasteiger partial charge in [0.2, 0.25) is 0 Å². The van der Waals surface area contributed by atoms with Crippen LogP contribution in [0.15, 0.2) is 0 Å². The average Bonchev–Trinajstić information content (AvgIpc) is 2.35. The summed E-state index contributed by atoms with van der Waals surface area (Å²) >= 11 is 0. The monoisotopic (exact) mass is 274 g/mol. The summed E-state index contributed by atoms with van der Waals surface area (Å²) in [6, 6.07) is 0. The van der Waals surface area contributed by atoms with Gasteiger partial charge in [0.05, 0.1) is 19.3 Å². The maximum Gasteiger partial charge on any atom is 0.326 e. The molecule has 0 aliphatic carbocycles. The van der Waals surface area contributed by atoms with E-state index in [1.807, 2.05) is 34.7 Å². The Kier molecular flexibility index (Phi) is 8.97. The van der Waals surface area contributed by atoms with Gasteiger partial charge in [0, 0.05) is 13.1 Å². The Morgan fingerprint density at radius 1 is 1.37 bits per heavy atom. The molecule has 1 unspecified atom stereocenters. The van der Waals surface area contributed by atoms with E-state index in [2.05, 4.69) is 10.2 Å². The number of nitrogens with zero attached hydrogens (tertiary/aromatic N) is 1. The minimum absolute atomic E-state index is 0.190. The van der Waals surface area contributed by atoms with Gasteiger partial charge in [0.1, 0.15) is 5.54 Å². The lowest BCUT2D eigenvalue weighted by Gasteiger charge is -2.29. The van der Waals surface area contributed by atoms with Gasteiger partial charge in [0.25, 0.3) is 0 Å². The van der Waals surface area contributed by atoms with Crippen molar-refractivity contribution in [3.05, 3.63) is 0 Å². The second kappa shape index (κ2) is 9.28. The molecule has 0 bridgehead atoms. The molecular formula is C14H30N2O3. The molecular weight excluding hydrogens is 244 g/mol. The number of ether oxygens (including phenoxy) is 2. The van der Waals surface area contributed by atoms with E-state index in [9.17, 15) is 4.79 Å². The van der Waals surface area contributed by atoms with E-state index in [1.165, 1.54) is 0 Å². The summed E-state index contributed by atoms with van der Waals surface area (Å²) in [5.41, 5.74) is -0.622. The predicted molar refractivity (Wildman–Crippen MR) is 77.3 cm³/mol. The minimum Gasteiger partial charge on any atom is -0.465 e. The zero-order valence-electron chi connectivity index (χ0n) is 13.3. The summed E-state index contributed by atoms with van der Waals surface area (Å²) < 4.78 is 10.6. The Bertz CT molecular complexity index is 259. The third kappa shape index (κ3) is 7.50. The quantitative estimate of drug-likeness (QED) is 0.608. The molecule has 0 aromatic heterocycles. The molecule has 0 spiro atoms. The van der Waals surface area contributed by atoms with Crippen LogP contribution in [0.25, 0.3) is 0 Å². The number of hydrogen-bond acceptors (Lipinski definition) is 5. The summed E-state index contributed by atoms with van der Waals surface area (Å²) in [5.74, 6) is -0.190. The highest BCUT2D eigenvalue weighted by atomic mass is 16.5. The molecule has 114 valence electrons. The number of rotatable bonds is 10. The number of carbonyl (C=O) groups is 1. The number of likely N-dealkylation sites (N-methyl/N-ethyl adjacent to an activating group) is 2. The lowest BCUT2D eigenvalue weighted by Crippen LogP contribution is -2.50. The SMILES string of the molecule is CCOC(=O)C(C)(CCN(C)CCOC(C)C)NC. The van der Waals surface area contributed by atoms with E-state index >= 15 is 0 Å². The van der Waals surface area contributed by atoms with Crippen LogP contribution in [0.5, 0.6) is 0 Å². The van der Waals surface area contributed by atoms with E-state index in [1.54, 1.807) is 7.05 Å². The molecule has 19 heavy (non-hydrogen) atoms. The number of hydrogen-bond donors (Lipinski definition) is 1.